The van der Waals surface area contributed by atoms with Crippen LogP contribution in [0.3, 0.4) is 0 Å². The number of carbonyl (C=O) groups excluding carboxylic acids is 1. The molecule has 0 saturated carbocycles. The molecule has 1 aromatic carbocycles. The number of aryl methyl sites for hydroxylation is 1. The molecule has 0 radical (unpaired) electrons. The first-order chi connectivity index (χ1) is 11.6. The zero-order chi connectivity index (χ0) is 17.1. The molecule has 0 aliphatic carbocycles. The lowest BCUT2D eigenvalue weighted by atomic mass is 10.0. The van der Waals surface area contributed by atoms with Crippen molar-refractivity contribution in [2.45, 2.75) is 12.8 Å². The number of anilines is 1. The zero-order valence-electron chi connectivity index (χ0n) is 13.9. The molecule has 1 aliphatic rings. The third-order valence-corrected chi connectivity index (χ3v) is 3.90. The highest BCUT2D eigenvalue weighted by atomic mass is 16.5. The fourth-order valence-corrected chi connectivity index (χ4v) is 2.63. The van der Waals surface area contributed by atoms with Crippen molar-refractivity contribution in [3.05, 3.63) is 29.9 Å². The van der Waals surface area contributed by atoms with Gasteiger partial charge in [-0.1, -0.05) is 5.16 Å². The van der Waals surface area contributed by atoms with E-state index in [0.717, 1.165) is 13.1 Å². The number of likely N-dealkylation sites (tertiary alicyclic amines) is 1. The number of nitrogens with zero attached hydrogens (tertiary/aromatic N) is 3. The van der Waals surface area contributed by atoms with E-state index >= 15 is 0 Å². The average molecular weight is 332 g/mol. The molecule has 2 heterocycles. The highest BCUT2D eigenvalue weighted by Crippen LogP contribution is 2.29. The summed E-state index contributed by atoms with van der Waals surface area (Å²) >= 11 is 0. The van der Waals surface area contributed by atoms with E-state index in [2.05, 4.69) is 15.5 Å². The second-order valence-corrected chi connectivity index (χ2v) is 5.69. The standard InChI is InChI=1S/C16H20N4O4/c1-10-17-16(24-19-10)11-7-20(8-11)9-15(21)18-13-5-4-12(22-2)6-14(13)23-3/h4-6,11H,7-9H2,1-3H3,(H,18,21). The average Bonchev–Trinajstić information content (AvgIpc) is 2.96. The van der Waals surface area contributed by atoms with E-state index in [1.807, 2.05) is 4.90 Å². The van der Waals surface area contributed by atoms with Crippen molar-refractivity contribution in [1.82, 2.24) is 15.0 Å². The molecule has 1 saturated heterocycles. The second-order valence-electron chi connectivity index (χ2n) is 5.69. The van der Waals surface area contributed by atoms with Crippen LogP contribution in [0.15, 0.2) is 22.7 Å². The molecule has 8 nitrogen and oxygen atoms in total. The van der Waals surface area contributed by atoms with Crippen molar-refractivity contribution in [2.75, 3.05) is 39.2 Å². The quantitative estimate of drug-likeness (QED) is 0.856. The van der Waals surface area contributed by atoms with Crippen LogP contribution < -0.4 is 14.8 Å². The minimum atomic E-state index is -0.0985. The summed E-state index contributed by atoms with van der Waals surface area (Å²) in [4.78, 5) is 18.4. The van der Waals surface area contributed by atoms with E-state index in [-0.39, 0.29) is 11.8 Å². The third-order valence-electron chi connectivity index (χ3n) is 3.90. The summed E-state index contributed by atoms with van der Waals surface area (Å²) in [5.41, 5.74) is 0.618. The molecule has 2 aromatic rings. The van der Waals surface area contributed by atoms with Crippen LogP contribution in [-0.2, 0) is 4.79 Å². The number of benzene rings is 1. The van der Waals surface area contributed by atoms with E-state index in [1.165, 1.54) is 0 Å². The van der Waals surface area contributed by atoms with Crippen LogP contribution in [0.4, 0.5) is 5.69 Å². The van der Waals surface area contributed by atoms with E-state index < -0.39 is 0 Å². The van der Waals surface area contributed by atoms with Gasteiger partial charge >= 0.3 is 0 Å². The van der Waals surface area contributed by atoms with Gasteiger partial charge in [0.25, 0.3) is 0 Å². The maximum absolute atomic E-state index is 12.2. The minimum absolute atomic E-state index is 0.0985. The molecular formula is C16H20N4O4. The molecule has 0 atom stereocenters. The number of amides is 1. The minimum Gasteiger partial charge on any atom is -0.497 e. The molecule has 0 spiro atoms. The predicted molar refractivity (Wildman–Crippen MR) is 86.4 cm³/mol. The number of ether oxygens (including phenoxy) is 2. The second kappa shape index (κ2) is 6.88. The van der Waals surface area contributed by atoms with Crippen LogP contribution in [0.25, 0.3) is 0 Å². The van der Waals surface area contributed by atoms with Crippen molar-refractivity contribution >= 4 is 11.6 Å². The molecule has 24 heavy (non-hydrogen) atoms. The fraction of sp³-hybridized carbons (Fsp3) is 0.438. The van der Waals surface area contributed by atoms with Gasteiger partial charge in [0.1, 0.15) is 11.5 Å². The molecule has 1 aliphatic heterocycles. The number of hydrogen-bond donors (Lipinski definition) is 1. The van der Waals surface area contributed by atoms with Crippen LogP contribution >= 0.6 is 0 Å². The summed E-state index contributed by atoms with van der Waals surface area (Å²) < 4.78 is 15.6. The van der Waals surface area contributed by atoms with Crippen molar-refractivity contribution < 1.29 is 18.8 Å². The summed E-state index contributed by atoms with van der Waals surface area (Å²) in [6.07, 6.45) is 0. The molecule has 1 aromatic heterocycles. The first-order valence-corrected chi connectivity index (χ1v) is 7.63. The van der Waals surface area contributed by atoms with Gasteiger partial charge in [0.05, 0.1) is 32.4 Å². The van der Waals surface area contributed by atoms with Gasteiger partial charge in [-0.25, -0.2) is 0 Å². The maximum atomic E-state index is 12.2. The van der Waals surface area contributed by atoms with Crippen LogP contribution in [0.2, 0.25) is 0 Å². The Bertz CT molecular complexity index is 725. The zero-order valence-corrected chi connectivity index (χ0v) is 13.9. The van der Waals surface area contributed by atoms with Gasteiger partial charge in [0.15, 0.2) is 5.82 Å². The van der Waals surface area contributed by atoms with Crippen molar-refractivity contribution in [2.24, 2.45) is 0 Å². The van der Waals surface area contributed by atoms with E-state index in [0.29, 0.717) is 35.4 Å². The third kappa shape index (κ3) is 3.48. The number of nitrogens with one attached hydrogen (secondary N) is 1. The lowest BCUT2D eigenvalue weighted by Crippen LogP contribution is -2.48. The van der Waals surface area contributed by atoms with E-state index in [4.69, 9.17) is 14.0 Å². The number of hydrogen-bond acceptors (Lipinski definition) is 7. The van der Waals surface area contributed by atoms with Gasteiger partial charge in [-0.2, -0.15) is 4.98 Å². The molecule has 1 N–H and O–H groups in total. The molecule has 8 heteroatoms. The fourth-order valence-electron chi connectivity index (χ4n) is 2.63. The van der Waals surface area contributed by atoms with Crippen LogP contribution in [0.1, 0.15) is 17.6 Å². The summed E-state index contributed by atoms with van der Waals surface area (Å²) in [6, 6.07) is 5.26. The van der Waals surface area contributed by atoms with Crippen molar-refractivity contribution in [3.63, 3.8) is 0 Å². The Kier molecular flexibility index (Phi) is 4.66. The maximum Gasteiger partial charge on any atom is 0.238 e. The molecule has 128 valence electrons. The predicted octanol–water partition coefficient (Wildman–Crippen LogP) is 1.43. The number of methoxy groups -OCH3 is 2. The van der Waals surface area contributed by atoms with Crippen molar-refractivity contribution in [1.29, 1.82) is 0 Å². The first kappa shape index (κ1) is 16.3. The molecule has 1 amide bonds. The largest absolute Gasteiger partial charge is 0.497 e. The number of carbonyl (C=O) groups is 1. The highest BCUT2D eigenvalue weighted by molar-refractivity contribution is 5.93. The number of aromatic nitrogens is 2. The van der Waals surface area contributed by atoms with Gasteiger partial charge in [0.2, 0.25) is 11.8 Å². The van der Waals surface area contributed by atoms with Crippen LogP contribution in [-0.4, -0.2) is 54.8 Å². The Hall–Kier alpha value is -2.61. The Labute approximate surface area is 139 Å². The first-order valence-electron chi connectivity index (χ1n) is 7.63. The van der Waals surface area contributed by atoms with E-state index in [1.54, 1.807) is 39.3 Å². The Morgan fingerprint density at radius 2 is 2.17 bits per heavy atom. The lowest BCUT2D eigenvalue weighted by Gasteiger charge is -2.36. The molecular weight excluding hydrogens is 312 g/mol. The Morgan fingerprint density at radius 1 is 1.38 bits per heavy atom. The van der Waals surface area contributed by atoms with Gasteiger partial charge in [-0.15, -0.1) is 0 Å². The SMILES string of the molecule is COc1ccc(NC(=O)CN2CC(c3nc(C)no3)C2)c(OC)c1. The van der Waals surface area contributed by atoms with Gasteiger partial charge < -0.3 is 19.3 Å². The summed E-state index contributed by atoms with van der Waals surface area (Å²) in [7, 11) is 3.13. The Morgan fingerprint density at radius 3 is 2.79 bits per heavy atom. The molecule has 0 bridgehead atoms. The van der Waals surface area contributed by atoms with Gasteiger partial charge in [0, 0.05) is 19.2 Å². The summed E-state index contributed by atoms with van der Waals surface area (Å²) in [6.45, 7) is 3.56. The highest BCUT2D eigenvalue weighted by Gasteiger charge is 2.33. The molecule has 3 rings (SSSR count). The normalized spacial score (nSPS) is 15.0. The van der Waals surface area contributed by atoms with Crippen molar-refractivity contribution in [3.8, 4) is 11.5 Å². The molecule has 1 fully saturated rings. The molecule has 0 unspecified atom stereocenters. The smallest absolute Gasteiger partial charge is 0.238 e. The Balaban J connectivity index is 1.52. The lowest BCUT2D eigenvalue weighted by molar-refractivity contribution is -0.118. The topological polar surface area (TPSA) is 89.7 Å². The van der Waals surface area contributed by atoms with Crippen LogP contribution in [0.5, 0.6) is 11.5 Å². The summed E-state index contributed by atoms with van der Waals surface area (Å²) in [5.74, 6) is 2.61. The monoisotopic (exact) mass is 332 g/mol. The van der Waals surface area contributed by atoms with Crippen LogP contribution in [0, 0.1) is 6.92 Å². The number of rotatable bonds is 6. The van der Waals surface area contributed by atoms with Gasteiger partial charge in [-0.05, 0) is 19.1 Å². The summed E-state index contributed by atoms with van der Waals surface area (Å²) in [5, 5.41) is 6.64. The van der Waals surface area contributed by atoms with Gasteiger partial charge in [-0.3, -0.25) is 9.69 Å². The van der Waals surface area contributed by atoms with E-state index in [9.17, 15) is 4.79 Å².